The molecule has 0 bridgehead atoms. The van der Waals surface area contributed by atoms with Gasteiger partial charge in [0.1, 0.15) is 18.1 Å². The first-order valence-corrected chi connectivity index (χ1v) is 15.9. The predicted octanol–water partition coefficient (Wildman–Crippen LogP) is 0.829. The quantitative estimate of drug-likeness (QED) is 0.0263. The van der Waals surface area contributed by atoms with Gasteiger partial charge in [-0.2, -0.15) is 0 Å². The summed E-state index contributed by atoms with van der Waals surface area (Å²) in [5, 5.41) is 63.8. The van der Waals surface area contributed by atoms with E-state index in [1.165, 1.54) is 24.3 Å². The smallest absolute Gasteiger partial charge is 0.320 e. The molecule has 0 aliphatic carbocycles. The van der Waals surface area contributed by atoms with Crippen molar-refractivity contribution in [1.29, 1.82) is 5.41 Å². The highest BCUT2D eigenvalue weighted by Gasteiger charge is 2.22. The van der Waals surface area contributed by atoms with Crippen LogP contribution in [0.25, 0.3) is 0 Å². The summed E-state index contributed by atoms with van der Waals surface area (Å²) >= 11 is 0. The van der Waals surface area contributed by atoms with Crippen LogP contribution >= 0.6 is 12.4 Å². The van der Waals surface area contributed by atoms with Crippen molar-refractivity contribution in [1.82, 2.24) is 10.6 Å². The Morgan fingerprint density at radius 2 is 1.33 bits per heavy atom. The van der Waals surface area contributed by atoms with E-state index in [-0.39, 0.29) is 49.4 Å². The van der Waals surface area contributed by atoms with Crippen LogP contribution in [0.15, 0.2) is 54.6 Å². The number of hydrogen-bond donors (Lipinski definition) is 13. The molecule has 0 amide bonds. The normalized spacial score (nSPS) is 11.6. The number of nitrogen functional groups attached to an aromatic ring is 1. The number of guanidine groups is 1. The minimum Gasteiger partial charge on any atom is -0.481 e. The fourth-order valence-corrected chi connectivity index (χ4v) is 3.26. The Labute approximate surface area is 318 Å². The van der Waals surface area contributed by atoms with Gasteiger partial charge in [0.05, 0.1) is 11.5 Å². The highest BCUT2D eigenvalue weighted by molar-refractivity contribution is 5.85. The maximum atomic E-state index is 11.1. The Morgan fingerprint density at radius 1 is 0.852 bits per heavy atom. The maximum absolute atomic E-state index is 11.1. The zero-order valence-electron chi connectivity index (χ0n) is 30.0. The van der Waals surface area contributed by atoms with Crippen molar-refractivity contribution in [2.75, 3.05) is 18.8 Å². The largest absolute Gasteiger partial charge is 0.481 e. The van der Waals surface area contributed by atoms with Gasteiger partial charge in [-0.05, 0) is 42.9 Å². The van der Waals surface area contributed by atoms with Crippen LogP contribution in [0.3, 0.4) is 0 Å². The number of nitrogens with one attached hydrogen (secondary N) is 3. The van der Waals surface area contributed by atoms with Gasteiger partial charge in [0.15, 0.2) is 5.96 Å². The number of nitrogens with zero attached hydrogens (tertiary/aromatic N) is 1. The summed E-state index contributed by atoms with van der Waals surface area (Å²) < 4.78 is 0. The monoisotopic (exact) mass is 791 g/mol. The van der Waals surface area contributed by atoms with Gasteiger partial charge in [-0.3, -0.25) is 39.5 Å². The summed E-state index contributed by atoms with van der Waals surface area (Å²) in [5.41, 5.74) is 26.8. The van der Waals surface area contributed by atoms with Crippen molar-refractivity contribution in [3.8, 4) is 0 Å². The maximum Gasteiger partial charge on any atom is 0.320 e. The van der Waals surface area contributed by atoms with Gasteiger partial charge in [-0.15, -0.1) is 12.4 Å². The molecule has 54 heavy (non-hydrogen) atoms. The molecule has 4 unspecified atom stereocenters. The van der Waals surface area contributed by atoms with Gasteiger partial charge in [0.25, 0.3) is 5.69 Å². The third kappa shape index (κ3) is 33.5. The summed E-state index contributed by atoms with van der Waals surface area (Å²) in [6, 6.07) is 13.2. The lowest BCUT2D eigenvalue weighted by atomic mass is 9.99. The second-order valence-corrected chi connectivity index (χ2v) is 10.8. The van der Waals surface area contributed by atoms with Crippen LogP contribution in [-0.4, -0.2) is 97.5 Å². The van der Waals surface area contributed by atoms with Crippen molar-refractivity contribution >= 4 is 59.6 Å². The van der Waals surface area contributed by atoms with E-state index in [4.69, 9.17) is 53.9 Å². The van der Waals surface area contributed by atoms with E-state index in [2.05, 4.69) is 16.4 Å². The molecule has 22 heteroatoms. The molecule has 2 aromatic carbocycles. The number of nitrogens with two attached hydrogens (primary N) is 5. The molecular formula is C32H54ClN9O12. The Hall–Kier alpha value is -5.61. The average Bonchev–Trinajstić information content (AvgIpc) is 3.10. The number of carboxylic acid groups (broad SMARTS) is 5. The van der Waals surface area contributed by atoms with Crippen LogP contribution in [0, 0.1) is 21.4 Å². The lowest BCUT2D eigenvalue weighted by Crippen LogP contribution is -2.41. The molecule has 0 heterocycles. The zero-order chi connectivity index (χ0) is 41.5. The molecule has 0 fully saturated rings. The zero-order valence-corrected chi connectivity index (χ0v) is 30.8. The Balaban J connectivity index is -0.000000299. The molecule has 0 saturated heterocycles. The Kier molecular flexibility index (Phi) is 33.9. The summed E-state index contributed by atoms with van der Waals surface area (Å²) in [5.74, 6) is -4.91. The van der Waals surface area contributed by atoms with Crippen molar-refractivity contribution in [2.24, 2.45) is 28.9 Å². The van der Waals surface area contributed by atoms with E-state index in [0.29, 0.717) is 31.6 Å². The van der Waals surface area contributed by atoms with Crippen LogP contribution < -0.4 is 39.3 Å². The molecule has 21 nitrogen and oxygen atoms in total. The topological polar surface area (TPSA) is 408 Å². The van der Waals surface area contributed by atoms with E-state index < -0.39 is 52.9 Å². The molecule has 2 rings (SSSR count). The number of halogens is 1. The highest BCUT2D eigenvalue weighted by atomic mass is 35.5. The van der Waals surface area contributed by atoms with E-state index in [1.54, 1.807) is 0 Å². The highest BCUT2D eigenvalue weighted by Crippen LogP contribution is 2.12. The van der Waals surface area contributed by atoms with E-state index in [1.807, 2.05) is 44.2 Å². The van der Waals surface area contributed by atoms with Gasteiger partial charge in [-0.25, -0.2) is 0 Å². The molecule has 0 aromatic heterocycles. The fourth-order valence-electron chi connectivity index (χ4n) is 3.26. The molecule has 0 radical (unpaired) electrons. The van der Waals surface area contributed by atoms with Gasteiger partial charge >= 0.3 is 29.8 Å². The third-order valence-electron chi connectivity index (χ3n) is 6.44. The molecule has 2 aromatic rings. The van der Waals surface area contributed by atoms with Gasteiger partial charge in [0, 0.05) is 37.3 Å². The second-order valence-electron chi connectivity index (χ2n) is 10.8. The minimum atomic E-state index is -1.17. The molecule has 306 valence electrons. The first-order chi connectivity index (χ1) is 24.7. The lowest BCUT2D eigenvalue weighted by Gasteiger charge is -2.20. The molecular weight excluding hydrogens is 738 g/mol. The van der Waals surface area contributed by atoms with Gasteiger partial charge in [-0.1, -0.05) is 50.6 Å². The Morgan fingerprint density at radius 3 is 1.70 bits per heavy atom. The molecule has 0 spiro atoms. The summed E-state index contributed by atoms with van der Waals surface area (Å²) in [4.78, 5) is 60.0. The molecule has 0 aliphatic heterocycles. The van der Waals surface area contributed by atoms with Crippen LogP contribution in [0.4, 0.5) is 11.4 Å². The van der Waals surface area contributed by atoms with Crippen LogP contribution in [0.2, 0.25) is 0 Å². The number of carbonyl (C=O) groups is 5. The molecule has 4 atom stereocenters. The first kappa shape index (κ1) is 55.2. The number of hydrogen-bond acceptors (Lipinski definition) is 13. The van der Waals surface area contributed by atoms with Gasteiger partial charge < -0.3 is 64.8 Å². The molecule has 0 aliphatic rings. The number of benzene rings is 2. The SMILES string of the molecule is CCC(C)C(NCc1ccccc1)C(=O)O.Cl.N=C(N)NCCCC(N)C(=O)O.NC(CCC(=O)O)C(=O)O.NCC(=O)O.Nc1ccc([N+](=O)[O-])cc1. The number of aliphatic carboxylic acids is 5. The number of rotatable bonds is 17. The Bertz CT molecular complexity index is 1390. The summed E-state index contributed by atoms with van der Waals surface area (Å²) in [6.45, 7) is 4.76. The number of non-ortho nitro benzene ring substituents is 1. The average molecular weight is 792 g/mol. The van der Waals surface area contributed by atoms with Crippen molar-refractivity contribution in [3.63, 3.8) is 0 Å². The van der Waals surface area contributed by atoms with Gasteiger partial charge in [0.2, 0.25) is 0 Å². The van der Waals surface area contributed by atoms with Crippen molar-refractivity contribution in [3.05, 3.63) is 70.3 Å². The second kappa shape index (κ2) is 33.2. The summed E-state index contributed by atoms with van der Waals surface area (Å²) in [7, 11) is 0. The third-order valence-corrected chi connectivity index (χ3v) is 6.44. The number of anilines is 1. The number of carboxylic acids is 5. The minimum absolute atomic E-state index is 0. The number of nitro benzene ring substituents is 1. The standard InChI is InChI=1S/C13H19NO2.C6H14N4O2.C6H6N2O2.C5H9NO4.C2H5NO2.ClH/c1-3-10(2)12(13(15)16)14-9-11-7-5-4-6-8-11;7-4(5(11)12)2-1-3-10-6(8)9;7-5-1-3-6(4-2-5)8(9)10;6-3(5(9)10)1-2-4(7)8;3-1-2(4)5;/h4-8,10,12,14H,3,9H2,1-2H3,(H,15,16);4H,1-3,7H2,(H,11,12)(H4,8,9,10);1-4H,7H2;3H,1-2,6H2,(H,7,8)(H,9,10);1,3H2,(H,4,5);1H. The van der Waals surface area contributed by atoms with E-state index in [0.717, 1.165) is 12.0 Å². The molecule has 18 N–H and O–H groups in total. The number of nitro groups is 1. The van der Waals surface area contributed by atoms with Crippen LogP contribution in [-0.2, 0) is 30.5 Å². The fraction of sp³-hybridized carbons (Fsp3) is 0.438. The predicted molar refractivity (Wildman–Crippen MR) is 203 cm³/mol. The molecule has 0 saturated carbocycles. The van der Waals surface area contributed by atoms with E-state index in [9.17, 15) is 34.1 Å². The summed E-state index contributed by atoms with van der Waals surface area (Å²) in [6.07, 6.45) is 1.61. The van der Waals surface area contributed by atoms with E-state index >= 15 is 0 Å². The van der Waals surface area contributed by atoms with Crippen LogP contribution in [0.1, 0.15) is 51.5 Å². The van der Waals surface area contributed by atoms with Crippen molar-refractivity contribution in [2.45, 2.75) is 70.6 Å². The van der Waals surface area contributed by atoms with Crippen LogP contribution in [0.5, 0.6) is 0 Å². The first-order valence-electron chi connectivity index (χ1n) is 15.9. The van der Waals surface area contributed by atoms with Crippen molar-refractivity contribution < 1.29 is 54.4 Å². The lowest BCUT2D eigenvalue weighted by molar-refractivity contribution is -0.384.